The van der Waals surface area contributed by atoms with Crippen molar-refractivity contribution >= 4 is 28.3 Å². The number of carbonyl (C=O) groups is 1. The lowest BCUT2D eigenvalue weighted by Crippen LogP contribution is -2.44. The number of rotatable bonds is 6. The standard InChI is InChI=1S/C21H25ClF2N2O2/c22-16-3-1-4-17-19(16)15(12-26(17)11-14-9-25-10-14)18(27)5-8-20(28)6-2-7-21(23,24)13-20/h1,3-4,12,14,25,28H,2,5-11,13H2. The smallest absolute Gasteiger partial charge is 0.250 e. The van der Waals surface area contributed by atoms with Crippen LogP contribution >= 0.6 is 11.6 Å². The minimum Gasteiger partial charge on any atom is -0.390 e. The van der Waals surface area contributed by atoms with Crippen molar-refractivity contribution in [2.24, 2.45) is 5.92 Å². The number of hydrogen-bond donors (Lipinski definition) is 2. The van der Waals surface area contributed by atoms with Gasteiger partial charge in [0.15, 0.2) is 5.78 Å². The second kappa shape index (κ2) is 7.39. The molecule has 28 heavy (non-hydrogen) atoms. The highest BCUT2D eigenvalue weighted by Gasteiger charge is 2.44. The Morgan fingerprint density at radius 3 is 2.79 bits per heavy atom. The number of nitrogens with zero attached hydrogens (tertiary/aromatic N) is 1. The highest BCUT2D eigenvalue weighted by Crippen LogP contribution is 2.41. The van der Waals surface area contributed by atoms with Gasteiger partial charge in [-0.15, -0.1) is 0 Å². The van der Waals surface area contributed by atoms with E-state index in [1.807, 2.05) is 18.3 Å². The number of ketones is 1. The molecule has 0 amide bonds. The summed E-state index contributed by atoms with van der Waals surface area (Å²) in [7, 11) is 0. The van der Waals surface area contributed by atoms with E-state index >= 15 is 0 Å². The molecule has 1 aromatic carbocycles. The van der Waals surface area contributed by atoms with Crippen LogP contribution in [0.5, 0.6) is 0 Å². The molecule has 2 fully saturated rings. The highest BCUT2D eigenvalue weighted by molar-refractivity contribution is 6.37. The van der Waals surface area contributed by atoms with Crippen LogP contribution in [-0.2, 0) is 6.54 Å². The number of nitrogens with one attached hydrogen (secondary N) is 1. The van der Waals surface area contributed by atoms with Crippen molar-refractivity contribution in [3.05, 3.63) is 35.0 Å². The first-order valence-corrected chi connectivity index (χ1v) is 10.3. The van der Waals surface area contributed by atoms with Crippen LogP contribution in [0.3, 0.4) is 0 Å². The predicted molar refractivity (Wildman–Crippen MR) is 105 cm³/mol. The number of carbonyl (C=O) groups excluding carboxylic acids is 1. The van der Waals surface area contributed by atoms with Gasteiger partial charge < -0.3 is 15.0 Å². The Hall–Kier alpha value is -1.50. The molecule has 4 rings (SSSR count). The molecule has 1 aliphatic heterocycles. The molecular formula is C21H25ClF2N2O2. The van der Waals surface area contributed by atoms with Gasteiger partial charge in [0.25, 0.3) is 5.92 Å². The summed E-state index contributed by atoms with van der Waals surface area (Å²) >= 11 is 6.39. The zero-order valence-corrected chi connectivity index (χ0v) is 16.4. The Morgan fingerprint density at radius 2 is 2.11 bits per heavy atom. The minimum atomic E-state index is -2.85. The lowest BCUT2D eigenvalue weighted by molar-refractivity contribution is -0.126. The van der Waals surface area contributed by atoms with Gasteiger partial charge in [-0.2, -0.15) is 0 Å². The highest BCUT2D eigenvalue weighted by atomic mass is 35.5. The Balaban J connectivity index is 1.55. The molecule has 2 aliphatic rings. The summed E-state index contributed by atoms with van der Waals surface area (Å²) < 4.78 is 29.5. The molecule has 1 unspecified atom stereocenters. The van der Waals surface area contributed by atoms with E-state index in [-0.39, 0.29) is 31.5 Å². The molecular weight excluding hydrogens is 386 g/mol. The lowest BCUT2D eigenvalue weighted by atomic mass is 9.79. The first-order chi connectivity index (χ1) is 13.3. The monoisotopic (exact) mass is 410 g/mol. The van der Waals surface area contributed by atoms with Crippen LogP contribution in [0.4, 0.5) is 8.78 Å². The maximum absolute atomic E-state index is 13.7. The van der Waals surface area contributed by atoms with E-state index in [9.17, 15) is 18.7 Å². The average molecular weight is 411 g/mol. The van der Waals surface area contributed by atoms with Crippen LogP contribution in [0.15, 0.2) is 24.4 Å². The first kappa shape index (κ1) is 19.8. The second-order valence-corrected chi connectivity index (χ2v) is 8.79. The maximum atomic E-state index is 13.7. The van der Waals surface area contributed by atoms with Crippen LogP contribution in [-0.4, -0.2) is 40.1 Å². The number of fused-ring (bicyclic) bond motifs is 1. The molecule has 0 bridgehead atoms. The molecule has 4 nitrogen and oxygen atoms in total. The SMILES string of the molecule is O=C(CCC1(O)CCCC(F)(F)C1)c1cn(CC2CNC2)c2cccc(Cl)c12. The summed E-state index contributed by atoms with van der Waals surface area (Å²) in [4.78, 5) is 13.0. The lowest BCUT2D eigenvalue weighted by Gasteiger charge is -2.36. The van der Waals surface area contributed by atoms with Crippen molar-refractivity contribution in [2.75, 3.05) is 13.1 Å². The zero-order chi connectivity index (χ0) is 19.9. The molecule has 1 aromatic heterocycles. The summed E-state index contributed by atoms with van der Waals surface area (Å²) in [5.74, 6) is -2.50. The van der Waals surface area contributed by atoms with Crippen LogP contribution in [0.2, 0.25) is 5.02 Å². The average Bonchev–Trinajstić information content (AvgIpc) is 2.95. The van der Waals surface area contributed by atoms with E-state index in [1.165, 1.54) is 0 Å². The van der Waals surface area contributed by atoms with Gasteiger partial charge >= 0.3 is 0 Å². The van der Waals surface area contributed by atoms with Crippen molar-refractivity contribution in [1.29, 1.82) is 0 Å². The van der Waals surface area contributed by atoms with E-state index in [0.717, 1.165) is 25.2 Å². The number of halogens is 3. The fraction of sp³-hybridized carbons (Fsp3) is 0.571. The summed E-state index contributed by atoms with van der Waals surface area (Å²) in [5.41, 5.74) is -0.0540. The maximum Gasteiger partial charge on any atom is 0.250 e. The van der Waals surface area contributed by atoms with Gasteiger partial charge in [0.1, 0.15) is 0 Å². The summed E-state index contributed by atoms with van der Waals surface area (Å²) in [6.45, 7) is 2.70. The van der Waals surface area contributed by atoms with Gasteiger partial charge in [-0.1, -0.05) is 17.7 Å². The van der Waals surface area contributed by atoms with Gasteiger partial charge in [0.05, 0.1) is 16.1 Å². The van der Waals surface area contributed by atoms with Crippen LogP contribution < -0.4 is 5.32 Å². The minimum absolute atomic E-state index is 0.0297. The fourth-order valence-electron chi connectivity index (χ4n) is 4.46. The van der Waals surface area contributed by atoms with Crippen LogP contribution in [0, 0.1) is 5.92 Å². The Kier molecular flexibility index (Phi) is 5.23. The van der Waals surface area contributed by atoms with Crippen molar-refractivity contribution in [3.8, 4) is 0 Å². The molecule has 1 atom stereocenters. The molecule has 152 valence electrons. The van der Waals surface area contributed by atoms with Crippen LogP contribution in [0.1, 0.15) is 48.9 Å². The van der Waals surface area contributed by atoms with Gasteiger partial charge in [0.2, 0.25) is 0 Å². The number of alkyl halides is 2. The quantitative estimate of drug-likeness (QED) is 0.693. The third-order valence-electron chi connectivity index (χ3n) is 6.07. The second-order valence-electron chi connectivity index (χ2n) is 8.39. The molecule has 0 radical (unpaired) electrons. The van der Waals surface area contributed by atoms with E-state index in [2.05, 4.69) is 9.88 Å². The molecule has 7 heteroatoms. The number of benzene rings is 1. The largest absolute Gasteiger partial charge is 0.390 e. The van der Waals surface area contributed by atoms with E-state index in [4.69, 9.17) is 11.6 Å². The van der Waals surface area contributed by atoms with Gasteiger partial charge in [0, 0.05) is 62.0 Å². The van der Waals surface area contributed by atoms with Crippen molar-refractivity contribution in [3.63, 3.8) is 0 Å². The Labute approximate surface area is 167 Å². The number of Topliss-reactive ketones (excluding diaryl/α,β-unsaturated/α-hetero) is 1. The molecule has 1 saturated heterocycles. The van der Waals surface area contributed by atoms with Gasteiger partial charge in [-0.05, 0) is 31.4 Å². The number of hydrogen-bond acceptors (Lipinski definition) is 3. The van der Waals surface area contributed by atoms with Gasteiger partial charge in [-0.25, -0.2) is 8.78 Å². The number of aromatic nitrogens is 1. The molecule has 2 aromatic rings. The third-order valence-corrected chi connectivity index (χ3v) is 6.38. The third kappa shape index (κ3) is 3.95. The summed E-state index contributed by atoms with van der Waals surface area (Å²) in [6, 6.07) is 5.56. The van der Waals surface area contributed by atoms with Crippen molar-refractivity contribution < 1.29 is 18.7 Å². The number of aliphatic hydroxyl groups is 1. The van der Waals surface area contributed by atoms with E-state index < -0.39 is 17.9 Å². The first-order valence-electron chi connectivity index (χ1n) is 9.88. The van der Waals surface area contributed by atoms with E-state index in [1.54, 1.807) is 6.07 Å². The van der Waals surface area contributed by atoms with Crippen LogP contribution in [0.25, 0.3) is 10.9 Å². The zero-order valence-electron chi connectivity index (χ0n) is 15.7. The summed E-state index contributed by atoms with van der Waals surface area (Å²) in [6.07, 6.45) is 1.74. The fourth-order valence-corrected chi connectivity index (χ4v) is 4.73. The molecule has 1 saturated carbocycles. The molecule has 2 heterocycles. The normalized spacial score (nSPS) is 25.0. The van der Waals surface area contributed by atoms with Crippen molar-refractivity contribution in [2.45, 2.75) is 56.6 Å². The summed E-state index contributed by atoms with van der Waals surface area (Å²) in [5, 5.41) is 15.0. The topological polar surface area (TPSA) is 54.3 Å². The van der Waals surface area contributed by atoms with Crippen molar-refractivity contribution in [1.82, 2.24) is 9.88 Å². The Bertz CT molecular complexity index is 894. The Morgan fingerprint density at radius 1 is 1.32 bits per heavy atom. The van der Waals surface area contributed by atoms with E-state index in [0.29, 0.717) is 28.3 Å². The molecule has 0 spiro atoms. The van der Waals surface area contributed by atoms with Gasteiger partial charge in [-0.3, -0.25) is 4.79 Å². The molecule has 1 aliphatic carbocycles. The molecule has 2 N–H and O–H groups in total. The predicted octanol–water partition coefficient (Wildman–Crippen LogP) is 4.42.